The van der Waals surface area contributed by atoms with E-state index in [0.717, 1.165) is 35.7 Å². The highest BCUT2D eigenvalue weighted by Crippen LogP contribution is 2.24. The second-order valence-electron chi connectivity index (χ2n) is 3.93. The zero-order valence-electron chi connectivity index (χ0n) is 8.80. The van der Waals surface area contributed by atoms with E-state index in [2.05, 4.69) is 15.9 Å². The summed E-state index contributed by atoms with van der Waals surface area (Å²) in [5, 5.41) is 0. The number of halogens is 2. The fourth-order valence-electron chi connectivity index (χ4n) is 1.89. The van der Waals surface area contributed by atoms with Crippen molar-refractivity contribution >= 4 is 21.7 Å². The maximum absolute atomic E-state index is 13.5. The minimum atomic E-state index is -0.445. The highest BCUT2D eigenvalue weighted by molar-refractivity contribution is 9.10. The van der Waals surface area contributed by atoms with E-state index in [1.165, 1.54) is 6.07 Å². The van der Waals surface area contributed by atoms with E-state index in [4.69, 9.17) is 0 Å². The van der Waals surface area contributed by atoms with Gasteiger partial charge in [-0.15, -0.1) is 0 Å². The van der Waals surface area contributed by atoms with Crippen molar-refractivity contribution in [3.63, 3.8) is 0 Å². The molecule has 0 fully saturated rings. The monoisotopic (exact) mass is 282 g/mol. The predicted molar refractivity (Wildman–Crippen MR) is 65.0 cm³/mol. The molecular weight excluding hydrogens is 271 g/mol. The number of ketones is 1. The fraction of sp³-hybridized carbons (Fsp3) is 0.308. The molecule has 0 aromatic heterocycles. The van der Waals surface area contributed by atoms with Crippen molar-refractivity contribution in [3.05, 3.63) is 45.7 Å². The fourth-order valence-corrected chi connectivity index (χ4v) is 2.25. The summed E-state index contributed by atoms with van der Waals surface area (Å²) in [6.07, 6.45) is 5.78. The number of allylic oxidation sites excluding steroid dienone is 2. The summed E-state index contributed by atoms with van der Waals surface area (Å²) in [4.78, 5) is 12.0. The van der Waals surface area contributed by atoms with E-state index >= 15 is 0 Å². The molecule has 1 aromatic rings. The highest BCUT2D eigenvalue weighted by atomic mass is 79.9. The summed E-state index contributed by atoms with van der Waals surface area (Å²) in [5.74, 6) is -0.613. The zero-order valence-corrected chi connectivity index (χ0v) is 10.4. The van der Waals surface area contributed by atoms with E-state index in [9.17, 15) is 9.18 Å². The maximum atomic E-state index is 13.5. The van der Waals surface area contributed by atoms with Gasteiger partial charge in [-0.05, 0) is 49.5 Å². The molecule has 0 saturated heterocycles. The number of Topliss-reactive ketones (excluding diaryl/α,β-unsaturated/α-hetero) is 1. The van der Waals surface area contributed by atoms with Crippen LogP contribution < -0.4 is 0 Å². The number of rotatable bonds is 2. The normalized spacial score (nSPS) is 15.8. The van der Waals surface area contributed by atoms with Crippen LogP contribution in [0.1, 0.15) is 36.0 Å². The average molecular weight is 283 g/mol. The molecule has 0 bridgehead atoms. The summed E-state index contributed by atoms with van der Waals surface area (Å²) < 4.78 is 14.2. The molecule has 0 radical (unpaired) electrons. The molecule has 1 aromatic carbocycles. The molecule has 84 valence electrons. The second kappa shape index (κ2) is 4.91. The van der Waals surface area contributed by atoms with Gasteiger partial charge in [0, 0.05) is 4.47 Å². The standard InChI is InChI=1S/C13H12BrFO/c14-10-6-7-12(15)11(8-10)13(16)9-4-2-1-3-5-9/h4,6-8H,1-3,5H2. The molecule has 0 spiro atoms. The summed E-state index contributed by atoms with van der Waals surface area (Å²) >= 11 is 3.25. The molecule has 16 heavy (non-hydrogen) atoms. The van der Waals surface area contributed by atoms with Crippen LogP contribution in [0.3, 0.4) is 0 Å². The minimum Gasteiger partial charge on any atom is -0.289 e. The molecule has 0 atom stereocenters. The van der Waals surface area contributed by atoms with Gasteiger partial charge in [-0.1, -0.05) is 22.0 Å². The molecule has 0 saturated carbocycles. The highest BCUT2D eigenvalue weighted by Gasteiger charge is 2.17. The van der Waals surface area contributed by atoms with Gasteiger partial charge in [-0.2, -0.15) is 0 Å². The van der Waals surface area contributed by atoms with Gasteiger partial charge in [0.1, 0.15) is 5.82 Å². The molecule has 0 aliphatic heterocycles. The van der Waals surface area contributed by atoms with Crippen molar-refractivity contribution in [3.8, 4) is 0 Å². The van der Waals surface area contributed by atoms with Gasteiger partial charge >= 0.3 is 0 Å². The van der Waals surface area contributed by atoms with Crippen molar-refractivity contribution in [2.24, 2.45) is 0 Å². The first-order valence-electron chi connectivity index (χ1n) is 5.37. The van der Waals surface area contributed by atoms with Gasteiger partial charge in [0.25, 0.3) is 0 Å². The van der Waals surface area contributed by atoms with Gasteiger partial charge in [0.05, 0.1) is 5.56 Å². The quantitative estimate of drug-likeness (QED) is 0.741. The Kier molecular flexibility index (Phi) is 3.54. The largest absolute Gasteiger partial charge is 0.289 e. The number of carbonyl (C=O) groups is 1. The van der Waals surface area contributed by atoms with E-state index in [1.54, 1.807) is 12.1 Å². The lowest BCUT2D eigenvalue weighted by atomic mass is 9.93. The Labute approximate surface area is 102 Å². The molecule has 0 amide bonds. The topological polar surface area (TPSA) is 17.1 Å². The Morgan fingerprint density at radius 1 is 1.31 bits per heavy atom. The van der Waals surface area contributed by atoms with Crippen LogP contribution in [0.25, 0.3) is 0 Å². The number of hydrogen-bond donors (Lipinski definition) is 0. The average Bonchev–Trinajstić information content (AvgIpc) is 2.32. The summed E-state index contributed by atoms with van der Waals surface area (Å²) in [6, 6.07) is 4.47. The van der Waals surface area contributed by atoms with Gasteiger partial charge < -0.3 is 0 Å². The van der Waals surface area contributed by atoms with Gasteiger partial charge in [-0.25, -0.2) is 4.39 Å². The molecule has 2 rings (SSSR count). The first kappa shape index (κ1) is 11.5. The lowest BCUT2D eigenvalue weighted by Crippen LogP contribution is -2.08. The van der Waals surface area contributed by atoms with Crippen LogP contribution in [0.4, 0.5) is 4.39 Å². The molecule has 1 nitrogen and oxygen atoms in total. The van der Waals surface area contributed by atoms with Gasteiger partial charge in [-0.3, -0.25) is 4.79 Å². The molecular formula is C13H12BrFO. The predicted octanol–water partition coefficient (Wildman–Crippen LogP) is 4.27. The first-order valence-corrected chi connectivity index (χ1v) is 6.16. The Bertz CT molecular complexity index is 451. The molecule has 3 heteroatoms. The Morgan fingerprint density at radius 2 is 2.12 bits per heavy atom. The van der Waals surface area contributed by atoms with Crippen LogP contribution in [0.2, 0.25) is 0 Å². The number of hydrogen-bond acceptors (Lipinski definition) is 1. The van der Waals surface area contributed by atoms with E-state index in [0.29, 0.717) is 0 Å². The van der Waals surface area contributed by atoms with Crippen molar-refractivity contribution in [1.82, 2.24) is 0 Å². The lowest BCUT2D eigenvalue weighted by Gasteiger charge is -2.12. The third-order valence-corrected chi connectivity index (χ3v) is 3.25. The zero-order chi connectivity index (χ0) is 11.5. The molecule has 1 aliphatic rings. The lowest BCUT2D eigenvalue weighted by molar-refractivity contribution is 0.102. The maximum Gasteiger partial charge on any atom is 0.191 e. The summed E-state index contributed by atoms with van der Waals surface area (Å²) in [7, 11) is 0. The second-order valence-corrected chi connectivity index (χ2v) is 4.84. The van der Waals surface area contributed by atoms with Crippen LogP contribution in [-0.4, -0.2) is 5.78 Å². The third kappa shape index (κ3) is 2.40. The van der Waals surface area contributed by atoms with Crippen molar-refractivity contribution in [2.75, 3.05) is 0 Å². The van der Waals surface area contributed by atoms with Crippen molar-refractivity contribution in [1.29, 1.82) is 0 Å². The van der Waals surface area contributed by atoms with E-state index in [1.807, 2.05) is 6.08 Å². The van der Waals surface area contributed by atoms with Gasteiger partial charge in [0.2, 0.25) is 0 Å². The molecule has 1 aliphatic carbocycles. The number of benzene rings is 1. The molecule has 0 heterocycles. The Hall–Kier alpha value is -0.960. The Balaban J connectivity index is 2.33. The Morgan fingerprint density at radius 3 is 2.81 bits per heavy atom. The van der Waals surface area contributed by atoms with Crippen molar-refractivity contribution < 1.29 is 9.18 Å². The van der Waals surface area contributed by atoms with E-state index in [-0.39, 0.29) is 11.3 Å². The van der Waals surface area contributed by atoms with Crippen LogP contribution in [-0.2, 0) is 0 Å². The van der Waals surface area contributed by atoms with E-state index < -0.39 is 5.82 Å². The first-order chi connectivity index (χ1) is 7.68. The minimum absolute atomic E-state index is 0.168. The van der Waals surface area contributed by atoms with Crippen LogP contribution in [0.15, 0.2) is 34.3 Å². The summed E-state index contributed by atoms with van der Waals surface area (Å²) in [5.41, 5.74) is 0.922. The van der Waals surface area contributed by atoms with Crippen molar-refractivity contribution in [2.45, 2.75) is 25.7 Å². The molecule has 0 unspecified atom stereocenters. The summed E-state index contributed by atoms with van der Waals surface area (Å²) in [6.45, 7) is 0. The SMILES string of the molecule is O=C(C1=CCCCC1)c1cc(Br)ccc1F. The van der Waals surface area contributed by atoms with Crippen LogP contribution >= 0.6 is 15.9 Å². The number of carbonyl (C=O) groups excluding carboxylic acids is 1. The smallest absolute Gasteiger partial charge is 0.191 e. The molecule has 0 N–H and O–H groups in total. The third-order valence-electron chi connectivity index (χ3n) is 2.76. The van der Waals surface area contributed by atoms with Crippen LogP contribution in [0, 0.1) is 5.82 Å². The van der Waals surface area contributed by atoms with Gasteiger partial charge in [0.15, 0.2) is 5.78 Å². The van der Waals surface area contributed by atoms with Crippen LogP contribution in [0.5, 0.6) is 0 Å².